The number of anilines is 1. The van der Waals surface area contributed by atoms with Crippen LogP contribution in [0.5, 0.6) is 0 Å². The molecule has 2 aromatic heterocycles. The minimum atomic E-state index is -0.383. The van der Waals surface area contributed by atoms with Gasteiger partial charge in [-0.25, -0.2) is 4.98 Å². The molecule has 30 heavy (non-hydrogen) atoms. The van der Waals surface area contributed by atoms with Crippen molar-refractivity contribution in [2.45, 2.75) is 6.54 Å². The smallest absolute Gasteiger partial charge is 0.259 e. The van der Waals surface area contributed by atoms with E-state index in [2.05, 4.69) is 20.6 Å². The molecular formula is C23H19N5O2. The van der Waals surface area contributed by atoms with Crippen LogP contribution in [0.25, 0.3) is 22.0 Å². The molecule has 7 heteroatoms. The zero-order valence-corrected chi connectivity index (χ0v) is 16.3. The number of aromatic amines is 1. The number of H-pyrrole nitrogens is 1. The first-order chi connectivity index (χ1) is 14.6. The summed E-state index contributed by atoms with van der Waals surface area (Å²) >= 11 is 0. The zero-order chi connectivity index (χ0) is 20.7. The summed E-state index contributed by atoms with van der Waals surface area (Å²) in [5.74, 6) is 0.0521. The number of fused-ring (bicyclic) bond motifs is 1. The van der Waals surface area contributed by atoms with E-state index in [-0.39, 0.29) is 11.8 Å². The maximum Gasteiger partial charge on any atom is 0.259 e. The number of para-hydroxylation sites is 1. The molecule has 3 N–H and O–H groups in total. The van der Waals surface area contributed by atoms with Gasteiger partial charge in [-0.3, -0.25) is 14.9 Å². The number of hydrogen-bond acceptors (Lipinski definition) is 4. The van der Waals surface area contributed by atoms with Crippen molar-refractivity contribution < 1.29 is 9.59 Å². The molecule has 2 aromatic carbocycles. The number of carbonyl (C=O) groups excluding carboxylic acids is 2. The third kappa shape index (κ3) is 2.97. The van der Waals surface area contributed by atoms with Gasteiger partial charge in [0, 0.05) is 47.8 Å². The number of carbonyl (C=O) groups is 2. The summed E-state index contributed by atoms with van der Waals surface area (Å²) in [7, 11) is 1.93. The molecule has 1 aliphatic heterocycles. The van der Waals surface area contributed by atoms with E-state index in [1.54, 1.807) is 12.4 Å². The number of hydrogen-bond donors (Lipinski definition) is 3. The number of nitrogens with one attached hydrogen (secondary N) is 3. The van der Waals surface area contributed by atoms with E-state index in [1.807, 2.05) is 66.3 Å². The van der Waals surface area contributed by atoms with Gasteiger partial charge in [-0.05, 0) is 23.8 Å². The van der Waals surface area contributed by atoms with Crippen molar-refractivity contribution in [1.82, 2.24) is 19.9 Å². The monoisotopic (exact) mass is 397 g/mol. The summed E-state index contributed by atoms with van der Waals surface area (Å²) in [4.78, 5) is 32.7. The summed E-state index contributed by atoms with van der Waals surface area (Å²) in [5.41, 5.74) is 4.06. The van der Waals surface area contributed by atoms with Crippen LogP contribution in [0.4, 0.5) is 5.69 Å². The van der Waals surface area contributed by atoms with Gasteiger partial charge in [0.2, 0.25) is 0 Å². The Bertz CT molecular complexity index is 1310. The molecule has 5 rings (SSSR count). The third-order valence-electron chi connectivity index (χ3n) is 5.26. The van der Waals surface area contributed by atoms with Crippen molar-refractivity contribution in [2.75, 3.05) is 5.32 Å². The maximum atomic E-state index is 12.8. The summed E-state index contributed by atoms with van der Waals surface area (Å²) in [6.07, 6.45) is 5.36. The van der Waals surface area contributed by atoms with Crippen molar-refractivity contribution in [1.29, 1.82) is 0 Å². The highest BCUT2D eigenvalue weighted by atomic mass is 16.2. The molecule has 4 aromatic rings. The third-order valence-corrected chi connectivity index (χ3v) is 5.26. The van der Waals surface area contributed by atoms with Crippen LogP contribution in [0.3, 0.4) is 0 Å². The van der Waals surface area contributed by atoms with E-state index in [0.717, 1.165) is 28.0 Å². The van der Waals surface area contributed by atoms with Crippen LogP contribution in [0.2, 0.25) is 0 Å². The number of benzene rings is 2. The highest BCUT2D eigenvalue weighted by Crippen LogP contribution is 2.36. The molecule has 0 unspecified atom stereocenters. The number of imide groups is 1. The van der Waals surface area contributed by atoms with Gasteiger partial charge in [0.05, 0.1) is 17.7 Å². The summed E-state index contributed by atoms with van der Waals surface area (Å²) in [6.45, 7) is 0.525. The molecule has 7 nitrogen and oxygen atoms in total. The molecule has 0 spiro atoms. The fourth-order valence-corrected chi connectivity index (χ4v) is 3.89. The first-order valence-corrected chi connectivity index (χ1v) is 9.59. The first kappa shape index (κ1) is 17.9. The highest BCUT2D eigenvalue weighted by Gasteiger charge is 2.33. The molecule has 0 fully saturated rings. The lowest BCUT2D eigenvalue weighted by molar-refractivity contribution is -0.122. The lowest BCUT2D eigenvalue weighted by Crippen LogP contribution is -2.22. The standard InChI is InChI=1S/C23H19N5O2/c1-28-13-17(16-7-2-3-8-18(16)28)21-20(22(29)27-23(21)30)14-5-4-6-15(11-14)26-12-19-24-9-10-25-19/h2-11,13,26H,12H2,1H3,(H,24,25)(H,27,29,30). The van der Waals surface area contributed by atoms with Crippen LogP contribution in [0.1, 0.15) is 17.0 Å². The van der Waals surface area contributed by atoms with Gasteiger partial charge in [-0.1, -0.05) is 30.3 Å². The van der Waals surface area contributed by atoms with Gasteiger partial charge in [-0.15, -0.1) is 0 Å². The number of imidazole rings is 1. The minimum absolute atomic E-state index is 0.375. The van der Waals surface area contributed by atoms with Crippen molar-refractivity contribution in [2.24, 2.45) is 7.05 Å². The van der Waals surface area contributed by atoms with E-state index >= 15 is 0 Å². The molecule has 0 atom stereocenters. The second-order valence-corrected chi connectivity index (χ2v) is 7.17. The second kappa shape index (κ2) is 7.04. The molecule has 148 valence electrons. The van der Waals surface area contributed by atoms with Gasteiger partial charge in [0.1, 0.15) is 5.82 Å². The van der Waals surface area contributed by atoms with Crippen LogP contribution in [-0.2, 0) is 23.2 Å². The Balaban J connectivity index is 1.60. The number of rotatable bonds is 5. The molecule has 0 bridgehead atoms. The Kier molecular flexibility index (Phi) is 4.21. The van der Waals surface area contributed by atoms with Crippen LogP contribution >= 0.6 is 0 Å². The average Bonchev–Trinajstić information content (AvgIpc) is 3.45. The Morgan fingerprint density at radius 3 is 2.70 bits per heavy atom. The summed E-state index contributed by atoms with van der Waals surface area (Å²) in [6, 6.07) is 15.3. The molecule has 2 amide bonds. The van der Waals surface area contributed by atoms with Crippen LogP contribution in [-0.4, -0.2) is 26.3 Å². The molecule has 0 radical (unpaired) electrons. The topological polar surface area (TPSA) is 91.8 Å². The van der Waals surface area contributed by atoms with Gasteiger partial charge in [0.15, 0.2) is 0 Å². The molecule has 0 saturated heterocycles. The fourth-order valence-electron chi connectivity index (χ4n) is 3.89. The lowest BCUT2D eigenvalue weighted by Gasteiger charge is -2.08. The van der Waals surface area contributed by atoms with Crippen LogP contribution < -0.4 is 10.6 Å². The Hall–Kier alpha value is -4.13. The fraction of sp³-hybridized carbons (Fsp3) is 0.0870. The van der Waals surface area contributed by atoms with E-state index in [0.29, 0.717) is 23.3 Å². The SMILES string of the molecule is Cn1cc(C2=C(c3cccc(NCc4ncc[nH]4)c3)C(=O)NC2=O)c2ccccc21. The first-order valence-electron chi connectivity index (χ1n) is 9.59. The number of aryl methyl sites for hydroxylation is 1. The van der Waals surface area contributed by atoms with Crippen molar-refractivity contribution >= 4 is 39.6 Å². The highest BCUT2D eigenvalue weighted by molar-refractivity contribution is 6.50. The van der Waals surface area contributed by atoms with Crippen molar-refractivity contribution in [3.8, 4) is 0 Å². The number of nitrogens with zero attached hydrogens (tertiary/aromatic N) is 2. The van der Waals surface area contributed by atoms with Crippen molar-refractivity contribution in [3.63, 3.8) is 0 Å². The Morgan fingerprint density at radius 2 is 1.87 bits per heavy atom. The van der Waals surface area contributed by atoms with E-state index in [9.17, 15) is 9.59 Å². The second-order valence-electron chi connectivity index (χ2n) is 7.17. The summed E-state index contributed by atoms with van der Waals surface area (Å²) < 4.78 is 1.96. The molecule has 0 saturated carbocycles. The Morgan fingerprint density at radius 1 is 1.03 bits per heavy atom. The van der Waals surface area contributed by atoms with Gasteiger partial charge >= 0.3 is 0 Å². The van der Waals surface area contributed by atoms with Crippen molar-refractivity contribution in [3.05, 3.63) is 84.1 Å². The quantitative estimate of drug-likeness (QED) is 0.451. The average molecular weight is 397 g/mol. The molecule has 1 aliphatic rings. The minimum Gasteiger partial charge on any atom is -0.378 e. The maximum absolute atomic E-state index is 12.8. The molecule has 0 aliphatic carbocycles. The molecule has 3 heterocycles. The largest absolute Gasteiger partial charge is 0.378 e. The van der Waals surface area contributed by atoms with Gasteiger partial charge in [0.25, 0.3) is 11.8 Å². The van der Waals surface area contributed by atoms with Gasteiger partial charge < -0.3 is 14.9 Å². The molecular weight excluding hydrogens is 378 g/mol. The Labute approximate surface area is 172 Å². The zero-order valence-electron chi connectivity index (χ0n) is 16.3. The van der Waals surface area contributed by atoms with E-state index < -0.39 is 0 Å². The normalized spacial score (nSPS) is 13.9. The van der Waals surface area contributed by atoms with Gasteiger partial charge in [-0.2, -0.15) is 0 Å². The number of amides is 2. The van der Waals surface area contributed by atoms with Crippen LogP contribution in [0, 0.1) is 0 Å². The lowest BCUT2D eigenvalue weighted by atomic mass is 9.95. The van der Waals surface area contributed by atoms with E-state index in [4.69, 9.17) is 0 Å². The van der Waals surface area contributed by atoms with E-state index in [1.165, 1.54) is 0 Å². The number of aromatic nitrogens is 3. The summed E-state index contributed by atoms with van der Waals surface area (Å²) in [5, 5.41) is 6.69. The predicted molar refractivity (Wildman–Crippen MR) is 115 cm³/mol. The predicted octanol–water partition coefficient (Wildman–Crippen LogP) is 3.08. The van der Waals surface area contributed by atoms with Crippen LogP contribution in [0.15, 0.2) is 67.1 Å².